The number of esters is 2. The lowest BCUT2D eigenvalue weighted by molar-refractivity contribution is -0.151. The van der Waals surface area contributed by atoms with E-state index in [1.165, 1.54) is 13.2 Å². The number of ether oxygens (including phenoxy) is 2. The molecule has 0 aliphatic carbocycles. The summed E-state index contributed by atoms with van der Waals surface area (Å²) in [5.41, 5.74) is 1.49. The Kier molecular flexibility index (Phi) is 5.47. The average Bonchev–Trinajstić information content (AvgIpc) is 3.07. The highest BCUT2D eigenvalue weighted by Gasteiger charge is 2.51. The van der Waals surface area contributed by atoms with Gasteiger partial charge in [0.1, 0.15) is 5.71 Å². The van der Waals surface area contributed by atoms with Gasteiger partial charge in [-0.25, -0.2) is 9.59 Å². The molecule has 1 aliphatic rings. The van der Waals surface area contributed by atoms with E-state index < -0.39 is 23.3 Å². The van der Waals surface area contributed by atoms with Crippen molar-refractivity contribution in [3.8, 4) is 0 Å². The number of nitrogens with zero attached hydrogens (tertiary/aromatic N) is 1. The highest BCUT2D eigenvalue weighted by Crippen LogP contribution is 2.22. The molecule has 24 heavy (non-hydrogen) atoms. The standard InChI is InChI=1S/C17H18N2O5/c1-3-24-15(21)13-11-17(19-18-13,16(22)23-2)14(20)10-9-12-7-5-4-6-8-12/h4-10,19H,3,11H2,1-2H3/b10-9+. The first-order valence-corrected chi connectivity index (χ1v) is 7.40. The van der Waals surface area contributed by atoms with Gasteiger partial charge in [-0.3, -0.25) is 10.2 Å². The Balaban J connectivity index is 2.21. The Labute approximate surface area is 139 Å². The number of methoxy groups -OCH3 is 1. The summed E-state index contributed by atoms with van der Waals surface area (Å²) >= 11 is 0. The van der Waals surface area contributed by atoms with Gasteiger partial charge in [0.25, 0.3) is 0 Å². The molecule has 0 fully saturated rings. The summed E-state index contributed by atoms with van der Waals surface area (Å²) in [6, 6.07) is 9.15. The molecule has 2 rings (SSSR count). The van der Waals surface area contributed by atoms with E-state index in [1.807, 2.05) is 30.3 Å². The van der Waals surface area contributed by atoms with Crippen LogP contribution in [-0.4, -0.2) is 42.7 Å². The lowest BCUT2D eigenvalue weighted by Crippen LogP contribution is -2.54. The molecule has 126 valence electrons. The van der Waals surface area contributed by atoms with E-state index in [0.29, 0.717) is 0 Å². The molecule has 1 N–H and O–H groups in total. The van der Waals surface area contributed by atoms with Crippen LogP contribution in [0.3, 0.4) is 0 Å². The van der Waals surface area contributed by atoms with E-state index in [4.69, 9.17) is 9.47 Å². The minimum absolute atomic E-state index is 0.0243. The van der Waals surface area contributed by atoms with Crippen molar-refractivity contribution in [3.05, 3.63) is 42.0 Å². The molecular weight excluding hydrogens is 312 g/mol. The number of carbonyl (C=O) groups excluding carboxylic acids is 3. The Morgan fingerprint density at radius 1 is 1.29 bits per heavy atom. The molecule has 1 heterocycles. The number of hydrazone groups is 1. The molecule has 1 aromatic carbocycles. The summed E-state index contributed by atoms with van der Waals surface area (Å²) in [6.07, 6.45) is 2.62. The first-order chi connectivity index (χ1) is 11.5. The van der Waals surface area contributed by atoms with Crippen LogP contribution in [0, 0.1) is 0 Å². The molecule has 0 spiro atoms. The topological polar surface area (TPSA) is 94.1 Å². The minimum atomic E-state index is -1.75. The molecule has 1 unspecified atom stereocenters. The van der Waals surface area contributed by atoms with Gasteiger partial charge in [0.05, 0.1) is 13.7 Å². The van der Waals surface area contributed by atoms with E-state index in [0.717, 1.165) is 5.56 Å². The van der Waals surface area contributed by atoms with E-state index >= 15 is 0 Å². The van der Waals surface area contributed by atoms with Crippen molar-refractivity contribution in [1.29, 1.82) is 0 Å². The van der Waals surface area contributed by atoms with Crippen LogP contribution in [0.15, 0.2) is 41.5 Å². The second kappa shape index (κ2) is 7.54. The van der Waals surface area contributed by atoms with Gasteiger partial charge < -0.3 is 9.47 Å². The number of hydrogen-bond acceptors (Lipinski definition) is 7. The summed E-state index contributed by atoms with van der Waals surface area (Å²) in [5.74, 6) is -2.04. The van der Waals surface area contributed by atoms with E-state index in [-0.39, 0.29) is 18.7 Å². The Morgan fingerprint density at radius 3 is 2.62 bits per heavy atom. The summed E-state index contributed by atoms with van der Waals surface area (Å²) in [7, 11) is 1.17. The number of ketones is 1. The monoisotopic (exact) mass is 330 g/mol. The van der Waals surface area contributed by atoms with Crippen molar-refractivity contribution < 1.29 is 23.9 Å². The van der Waals surface area contributed by atoms with Crippen LogP contribution >= 0.6 is 0 Å². The molecule has 0 saturated heterocycles. The van der Waals surface area contributed by atoms with Gasteiger partial charge in [-0.2, -0.15) is 5.10 Å². The zero-order chi connectivity index (χ0) is 17.6. The first kappa shape index (κ1) is 17.4. The third-order valence-corrected chi connectivity index (χ3v) is 3.51. The normalized spacial score (nSPS) is 19.5. The Hall–Kier alpha value is -2.96. The van der Waals surface area contributed by atoms with Gasteiger partial charge in [0, 0.05) is 6.42 Å². The van der Waals surface area contributed by atoms with Gasteiger partial charge in [-0.05, 0) is 18.6 Å². The molecule has 0 amide bonds. The number of nitrogens with one attached hydrogen (secondary N) is 1. The molecule has 0 radical (unpaired) electrons. The van der Waals surface area contributed by atoms with Gasteiger partial charge in [-0.15, -0.1) is 0 Å². The zero-order valence-corrected chi connectivity index (χ0v) is 13.4. The molecule has 1 atom stereocenters. The SMILES string of the molecule is CCOC(=O)C1=NNC(C(=O)/C=C/c2ccccc2)(C(=O)OC)C1. The number of rotatable bonds is 6. The van der Waals surface area contributed by atoms with E-state index in [1.54, 1.807) is 13.0 Å². The Bertz CT molecular complexity index is 696. The smallest absolute Gasteiger partial charge is 0.354 e. The molecule has 1 aliphatic heterocycles. The molecule has 1 aromatic rings. The number of benzene rings is 1. The van der Waals surface area contributed by atoms with Gasteiger partial charge in [0.15, 0.2) is 5.78 Å². The predicted octanol–water partition coefficient (Wildman–Crippen LogP) is 1.09. The fourth-order valence-corrected chi connectivity index (χ4v) is 2.24. The van der Waals surface area contributed by atoms with Crippen molar-refractivity contribution in [2.24, 2.45) is 5.10 Å². The quantitative estimate of drug-likeness (QED) is 0.477. The maximum Gasteiger partial charge on any atom is 0.354 e. The van der Waals surface area contributed by atoms with Crippen LogP contribution in [0.1, 0.15) is 18.9 Å². The van der Waals surface area contributed by atoms with Crippen LogP contribution in [0.2, 0.25) is 0 Å². The van der Waals surface area contributed by atoms with Crippen LogP contribution in [0.4, 0.5) is 0 Å². The minimum Gasteiger partial charge on any atom is -0.467 e. The van der Waals surface area contributed by atoms with Crippen LogP contribution in [0.25, 0.3) is 6.08 Å². The maximum atomic E-state index is 12.6. The summed E-state index contributed by atoms with van der Waals surface area (Å²) in [6.45, 7) is 1.83. The Morgan fingerprint density at radius 2 is 2.00 bits per heavy atom. The average molecular weight is 330 g/mol. The maximum absolute atomic E-state index is 12.6. The van der Waals surface area contributed by atoms with Crippen molar-refractivity contribution in [2.45, 2.75) is 18.9 Å². The molecule has 0 aromatic heterocycles. The fraction of sp³-hybridized carbons (Fsp3) is 0.294. The van der Waals surface area contributed by atoms with Crippen molar-refractivity contribution in [1.82, 2.24) is 5.43 Å². The largest absolute Gasteiger partial charge is 0.467 e. The molecule has 7 heteroatoms. The summed E-state index contributed by atoms with van der Waals surface area (Å²) < 4.78 is 9.57. The molecule has 0 bridgehead atoms. The number of carbonyl (C=O) groups is 3. The second-order valence-electron chi connectivity index (χ2n) is 5.07. The highest BCUT2D eigenvalue weighted by atomic mass is 16.5. The fourth-order valence-electron chi connectivity index (χ4n) is 2.24. The summed E-state index contributed by atoms with van der Waals surface area (Å²) in [5, 5.41) is 3.79. The van der Waals surface area contributed by atoms with Crippen LogP contribution in [0.5, 0.6) is 0 Å². The summed E-state index contributed by atoms with van der Waals surface area (Å²) in [4.78, 5) is 36.5. The van der Waals surface area contributed by atoms with Crippen LogP contribution < -0.4 is 5.43 Å². The molecule has 7 nitrogen and oxygen atoms in total. The van der Waals surface area contributed by atoms with Crippen LogP contribution in [-0.2, 0) is 23.9 Å². The highest BCUT2D eigenvalue weighted by molar-refractivity contribution is 6.39. The van der Waals surface area contributed by atoms with Crippen molar-refractivity contribution in [3.63, 3.8) is 0 Å². The van der Waals surface area contributed by atoms with E-state index in [2.05, 4.69) is 10.5 Å². The second-order valence-corrected chi connectivity index (χ2v) is 5.07. The zero-order valence-electron chi connectivity index (χ0n) is 13.4. The lowest BCUT2D eigenvalue weighted by Gasteiger charge is -2.22. The van der Waals surface area contributed by atoms with Gasteiger partial charge >= 0.3 is 11.9 Å². The van der Waals surface area contributed by atoms with Gasteiger partial charge in [-0.1, -0.05) is 36.4 Å². The van der Waals surface area contributed by atoms with Gasteiger partial charge in [0.2, 0.25) is 5.54 Å². The third-order valence-electron chi connectivity index (χ3n) is 3.51. The first-order valence-electron chi connectivity index (χ1n) is 7.40. The van der Waals surface area contributed by atoms with Crippen molar-refractivity contribution >= 4 is 29.5 Å². The molecule has 0 saturated carbocycles. The number of hydrogen-bond donors (Lipinski definition) is 1. The van der Waals surface area contributed by atoms with Crippen molar-refractivity contribution in [2.75, 3.05) is 13.7 Å². The lowest BCUT2D eigenvalue weighted by atomic mass is 9.89. The molecular formula is C17H18N2O5. The predicted molar refractivity (Wildman–Crippen MR) is 87.1 cm³/mol. The third kappa shape index (κ3) is 3.51. The van der Waals surface area contributed by atoms with E-state index in [9.17, 15) is 14.4 Å².